The normalized spacial score (nSPS) is 14.7. The van der Waals surface area contributed by atoms with E-state index in [1.54, 1.807) is 6.20 Å². The Labute approximate surface area is 130 Å². The molecule has 1 aliphatic carbocycles. The van der Waals surface area contributed by atoms with Crippen LogP contribution in [0.2, 0.25) is 5.02 Å². The van der Waals surface area contributed by atoms with Crippen molar-refractivity contribution in [1.82, 2.24) is 14.7 Å². The fourth-order valence-electron chi connectivity index (χ4n) is 1.83. The smallest absolute Gasteiger partial charge is 0.287 e. The molecule has 21 heavy (non-hydrogen) atoms. The van der Waals surface area contributed by atoms with Gasteiger partial charge in [0.05, 0.1) is 25.0 Å². The zero-order valence-corrected chi connectivity index (χ0v) is 13.4. The summed E-state index contributed by atoms with van der Waals surface area (Å²) in [6.45, 7) is 3.33. The number of aromatic nitrogens is 2. The van der Waals surface area contributed by atoms with Crippen LogP contribution in [0.5, 0.6) is 0 Å². The van der Waals surface area contributed by atoms with Crippen LogP contribution in [-0.2, 0) is 11.3 Å². The van der Waals surface area contributed by atoms with Gasteiger partial charge in [-0.25, -0.2) is 4.68 Å². The minimum absolute atomic E-state index is 0.186. The molecule has 1 heterocycles. The van der Waals surface area contributed by atoms with E-state index in [1.165, 1.54) is 17.5 Å². The molecule has 0 saturated heterocycles. The van der Waals surface area contributed by atoms with Crippen molar-refractivity contribution in [3.8, 4) is 0 Å². The third-order valence-electron chi connectivity index (χ3n) is 3.36. The molecule has 1 aliphatic rings. The number of nitrogens with one attached hydrogen (secondary N) is 1. The molecule has 1 aromatic rings. The predicted octanol–water partition coefficient (Wildman–Crippen LogP) is 1.30. The van der Waals surface area contributed by atoms with Gasteiger partial charge in [0.25, 0.3) is 5.56 Å². The summed E-state index contributed by atoms with van der Waals surface area (Å²) in [7, 11) is 3.90. The van der Waals surface area contributed by atoms with Crippen molar-refractivity contribution >= 4 is 17.3 Å². The van der Waals surface area contributed by atoms with Crippen LogP contribution in [0.15, 0.2) is 11.0 Å². The van der Waals surface area contributed by atoms with E-state index in [0.29, 0.717) is 25.4 Å². The molecule has 118 valence electrons. The van der Waals surface area contributed by atoms with Gasteiger partial charge in [-0.2, -0.15) is 5.10 Å². The maximum Gasteiger partial charge on any atom is 0.287 e. The number of rotatable bonds is 9. The third-order valence-corrected chi connectivity index (χ3v) is 3.72. The minimum Gasteiger partial charge on any atom is -0.380 e. The molecule has 0 aliphatic heterocycles. The fraction of sp³-hybridized carbons (Fsp3) is 0.714. The maximum absolute atomic E-state index is 12.1. The van der Waals surface area contributed by atoms with E-state index in [9.17, 15) is 4.79 Å². The molecule has 6 nitrogen and oxygen atoms in total. The Bertz CT molecular complexity index is 514. The second-order valence-corrected chi connectivity index (χ2v) is 6.03. The van der Waals surface area contributed by atoms with Crippen LogP contribution in [0.25, 0.3) is 0 Å². The highest BCUT2D eigenvalue weighted by Crippen LogP contribution is 2.28. The topological polar surface area (TPSA) is 59.4 Å². The Morgan fingerprint density at radius 2 is 2.29 bits per heavy atom. The van der Waals surface area contributed by atoms with Gasteiger partial charge >= 0.3 is 0 Å². The van der Waals surface area contributed by atoms with Gasteiger partial charge in [0.1, 0.15) is 5.02 Å². The molecule has 0 spiro atoms. The van der Waals surface area contributed by atoms with Crippen molar-refractivity contribution in [2.45, 2.75) is 19.4 Å². The summed E-state index contributed by atoms with van der Waals surface area (Å²) in [6.07, 6.45) is 4.17. The van der Waals surface area contributed by atoms with Crippen LogP contribution in [0.4, 0.5) is 5.69 Å². The molecule has 0 bridgehead atoms. The zero-order valence-electron chi connectivity index (χ0n) is 12.6. The Kier molecular flexibility index (Phi) is 6.02. The van der Waals surface area contributed by atoms with Crippen molar-refractivity contribution in [2.24, 2.45) is 5.92 Å². The summed E-state index contributed by atoms with van der Waals surface area (Å²) in [5.41, 5.74) is 0.306. The van der Waals surface area contributed by atoms with Crippen LogP contribution in [-0.4, -0.2) is 55.1 Å². The third kappa shape index (κ3) is 5.30. The highest BCUT2D eigenvalue weighted by molar-refractivity contribution is 6.32. The van der Waals surface area contributed by atoms with Gasteiger partial charge in [0, 0.05) is 19.7 Å². The Balaban J connectivity index is 1.82. The van der Waals surface area contributed by atoms with Gasteiger partial charge in [-0.1, -0.05) is 11.6 Å². The molecule has 0 atom stereocenters. The molecule has 7 heteroatoms. The number of hydrogen-bond donors (Lipinski definition) is 1. The number of anilines is 1. The number of likely N-dealkylation sites (N-methyl/N-ethyl adjacent to an activating group) is 1. The molecule has 0 amide bonds. The molecule has 1 aromatic heterocycles. The van der Waals surface area contributed by atoms with Gasteiger partial charge in [-0.3, -0.25) is 4.79 Å². The highest BCUT2D eigenvalue weighted by atomic mass is 35.5. The van der Waals surface area contributed by atoms with E-state index in [1.807, 2.05) is 19.0 Å². The van der Waals surface area contributed by atoms with E-state index in [0.717, 1.165) is 19.1 Å². The highest BCUT2D eigenvalue weighted by Gasteiger charge is 2.20. The van der Waals surface area contributed by atoms with Crippen LogP contribution >= 0.6 is 11.6 Å². The number of ether oxygens (including phenoxy) is 1. The van der Waals surface area contributed by atoms with Crippen LogP contribution in [0.1, 0.15) is 12.8 Å². The maximum atomic E-state index is 12.1. The first-order chi connectivity index (χ1) is 10.1. The van der Waals surface area contributed by atoms with E-state index >= 15 is 0 Å². The Morgan fingerprint density at radius 1 is 1.52 bits per heavy atom. The predicted molar refractivity (Wildman–Crippen MR) is 84.1 cm³/mol. The van der Waals surface area contributed by atoms with Crippen molar-refractivity contribution in [3.63, 3.8) is 0 Å². The summed E-state index contributed by atoms with van der Waals surface area (Å²) in [4.78, 5) is 14.1. The summed E-state index contributed by atoms with van der Waals surface area (Å²) in [5, 5.41) is 7.42. The number of nitrogens with zero attached hydrogens (tertiary/aromatic N) is 3. The second-order valence-electron chi connectivity index (χ2n) is 5.65. The molecule has 0 radical (unpaired) electrons. The van der Waals surface area contributed by atoms with E-state index in [4.69, 9.17) is 16.3 Å². The fourth-order valence-corrected chi connectivity index (χ4v) is 2.05. The van der Waals surface area contributed by atoms with E-state index in [2.05, 4.69) is 10.4 Å². The van der Waals surface area contributed by atoms with Crippen molar-refractivity contribution in [1.29, 1.82) is 0 Å². The standard InChI is InChI=1S/C14H23ClN4O2/c1-18(2)6-7-19-14(20)13(15)12(9-17-19)16-5-8-21-10-11-3-4-11/h9,11,16H,3-8,10H2,1-2H3. The number of halogens is 1. The first kappa shape index (κ1) is 16.3. The van der Waals surface area contributed by atoms with E-state index in [-0.39, 0.29) is 10.6 Å². The first-order valence-corrected chi connectivity index (χ1v) is 7.67. The molecular weight excluding hydrogens is 292 g/mol. The average Bonchev–Trinajstić information content (AvgIpc) is 3.26. The second kappa shape index (κ2) is 7.77. The summed E-state index contributed by atoms with van der Waals surface area (Å²) < 4.78 is 6.91. The molecule has 1 fully saturated rings. The minimum atomic E-state index is -0.262. The first-order valence-electron chi connectivity index (χ1n) is 7.30. The van der Waals surface area contributed by atoms with Crippen LogP contribution in [0.3, 0.4) is 0 Å². The van der Waals surface area contributed by atoms with Gasteiger partial charge in [0.15, 0.2) is 0 Å². The van der Waals surface area contributed by atoms with Crippen molar-refractivity contribution in [2.75, 3.05) is 45.7 Å². The van der Waals surface area contributed by atoms with Crippen molar-refractivity contribution < 1.29 is 4.74 Å². The SMILES string of the molecule is CN(C)CCn1ncc(NCCOCC2CC2)c(Cl)c1=O. The lowest BCUT2D eigenvalue weighted by atomic mass is 10.4. The van der Waals surface area contributed by atoms with Crippen LogP contribution in [0, 0.1) is 5.92 Å². The zero-order chi connectivity index (χ0) is 15.2. The van der Waals surface area contributed by atoms with Gasteiger partial charge < -0.3 is 15.0 Å². The van der Waals surface area contributed by atoms with Gasteiger partial charge in [0.2, 0.25) is 0 Å². The Hall–Kier alpha value is -1.11. The summed E-state index contributed by atoms with van der Waals surface area (Å²) in [5.74, 6) is 0.760. The van der Waals surface area contributed by atoms with E-state index < -0.39 is 0 Å². The monoisotopic (exact) mass is 314 g/mol. The largest absolute Gasteiger partial charge is 0.380 e. The molecule has 0 unspecified atom stereocenters. The van der Waals surface area contributed by atoms with Gasteiger partial charge in [-0.05, 0) is 32.9 Å². The van der Waals surface area contributed by atoms with Crippen LogP contribution < -0.4 is 10.9 Å². The quantitative estimate of drug-likeness (QED) is 0.696. The van der Waals surface area contributed by atoms with Crippen molar-refractivity contribution in [3.05, 3.63) is 21.6 Å². The Morgan fingerprint density at radius 3 is 2.95 bits per heavy atom. The molecule has 1 saturated carbocycles. The average molecular weight is 315 g/mol. The lowest BCUT2D eigenvalue weighted by molar-refractivity contribution is 0.134. The summed E-state index contributed by atoms with van der Waals surface area (Å²) >= 11 is 6.10. The lowest BCUT2D eigenvalue weighted by Gasteiger charge is -2.12. The summed E-state index contributed by atoms with van der Waals surface area (Å²) in [6, 6.07) is 0. The number of hydrogen-bond acceptors (Lipinski definition) is 5. The molecule has 1 N–H and O–H groups in total. The molecular formula is C14H23ClN4O2. The van der Waals surface area contributed by atoms with Gasteiger partial charge in [-0.15, -0.1) is 0 Å². The molecule has 2 rings (SSSR count). The molecule has 0 aromatic carbocycles. The lowest BCUT2D eigenvalue weighted by Crippen LogP contribution is -2.29.